The van der Waals surface area contributed by atoms with Crippen LogP contribution in [0.4, 0.5) is 5.82 Å². The third-order valence-electron chi connectivity index (χ3n) is 5.63. The van der Waals surface area contributed by atoms with Gasteiger partial charge in [0.2, 0.25) is 5.91 Å². The molecule has 0 atom stereocenters. The van der Waals surface area contributed by atoms with Gasteiger partial charge in [0.15, 0.2) is 5.82 Å². The number of aryl methyl sites for hydroxylation is 2. The molecule has 2 saturated heterocycles. The molecule has 1 amide bonds. The molecule has 0 radical (unpaired) electrons. The van der Waals surface area contributed by atoms with Gasteiger partial charge in [-0.2, -0.15) is 5.10 Å². The van der Waals surface area contributed by atoms with Gasteiger partial charge in [-0.25, -0.2) is 0 Å². The SMILES string of the molecule is CN(CCN1CCCOCC1=O)C1CN(c2cc3c(nn2)CCC3)C1. The summed E-state index contributed by atoms with van der Waals surface area (Å²) in [5.74, 6) is 1.14. The summed E-state index contributed by atoms with van der Waals surface area (Å²) in [5.41, 5.74) is 2.56. The molecule has 2 aliphatic heterocycles. The van der Waals surface area contributed by atoms with E-state index in [1.54, 1.807) is 0 Å². The van der Waals surface area contributed by atoms with E-state index in [0.717, 1.165) is 57.8 Å². The Morgan fingerprint density at radius 2 is 2.16 bits per heavy atom. The summed E-state index contributed by atoms with van der Waals surface area (Å²) in [5, 5.41) is 8.78. The van der Waals surface area contributed by atoms with Gasteiger partial charge < -0.3 is 14.5 Å². The van der Waals surface area contributed by atoms with Gasteiger partial charge in [-0.3, -0.25) is 9.69 Å². The molecule has 25 heavy (non-hydrogen) atoms. The Morgan fingerprint density at radius 1 is 1.28 bits per heavy atom. The zero-order valence-corrected chi connectivity index (χ0v) is 15.0. The van der Waals surface area contributed by atoms with Crippen LogP contribution < -0.4 is 4.90 Å². The lowest BCUT2D eigenvalue weighted by Gasteiger charge is -2.45. The van der Waals surface area contributed by atoms with E-state index in [-0.39, 0.29) is 12.5 Å². The van der Waals surface area contributed by atoms with Crippen LogP contribution in [0.1, 0.15) is 24.1 Å². The van der Waals surface area contributed by atoms with E-state index in [2.05, 4.69) is 33.1 Å². The molecule has 0 aromatic carbocycles. The predicted molar refractivity (Wildman–Crippen MR) is 94.7 cm³/mol. The van der Waals surface area contributed by atoms with Gasteiger partial charge in [-0.15, -0.1) is 5.10 Å². The molecule has 0 spiro atoms. The van der Waals surface area contributed by atoms with Crippen LogP contribution in [0, 0.1) is 0 Å². The quantitative estimate of drug-likeness (QED) is 0.767. The average Bonchev–Trinajstić information content (AvgIpc) is 2.93. The third kappa shape index (κ3) is 3.62. The summed E-state index contributed by atoms with van der Waals surface area (Å²) < 4.78 is 5.29. The number of nitrogens with zero attached hydrogens (tertiary/aromatic N) is 5. The molecule has 136 valence electrons. The maximum absolute atomic E-state index is 12.0. The van der Waals surface area contributed by atoms with E-state index < -0.39 is 0 Å². The van der Waals surface area contributed by atoms with E-state index in [9.17, 15) is 4.79 Å². The molecule has 3 heterocycles. The van der Waals surface area contributed by atoms with Crippen molar-refractivity contribution in [3.05, 3.63) is 17.3 Å². The van der Waals surface area contributed by atoms with E-state index in [1.807, 2.05) is 4.90 Å². The Labute approximate surface area is 148 Å². The highest BCUT2D eigenvalue weighted by atomic mass is 16.5. The largest absolute Gasteiger partial charge is 0.372 e. The lowest BCUT2D eigenvalue weighted by atomic mass is 10.1. The molecule has 1 aromatic rings. The third-order valence-corrected chi connectivity index (χ3v) is 5.63. The molecule has 2 fully saturated rings. The summed E-state index contributed by atoms with van der Waals surface area (Å²) in [6.07, 6.45) is 4.36. The number of hydrogen-bond acceptors (Lipinski definition) is 6. The Morgan fingerprint density at radius 3 is 3.04 bits per heavy atom. The summed E-state index contributed by atoms with van der Waals surface area (Å²) in [6, 6.07) is 2.75. The monoisotopic (exact) mass is 345 g/mol. The minimum Gasteiger partial charge on any atom is -0.372 e. The highest BCUT2D eigenvalue weighted by Crippen LogP contribution is 2.26. The fourth-order valence-corrected chi connectivity index (χ4v) is 3.82. The maximum Gasteiger partial charge on any atom is 0.248 e. The van der Waals surface area contributed by atoms with Gasteiger partial charge in [-0.05, 0) is 44.4 Å². The van der Waals surface area contributed by atoms with Crippen LogP contribution in [0.15, 0.2) is 6.07 Å². The minimum atomic E-state index is 0.120. The number of carbonyl (C=O) groups is 1. The second kappa shape index (κ2) is 7.25. The van der Waals surface area contributed by atoms with Crippen LogP contribution in [0.5, 0.6) is 0 Å². The number of hydrogen-bond donors (Lipinski definition) is 0. The summed E-state index contributed by atoms with van der Waals surface area (Å²) in [4.78, 5) is 18.6. The zero-order chi connectivity index (χ0) is 17.2. The van der Waals surface area contributed by atoms with Gasteiger partial charge >= 0.3 is 0 Å². The molecule has 0 N–H and O–H groups in total. The van der Waals surface area contributed by atoms with Crippen LogP contribution in [0.3, 0.4) is 0 Å². The number of anilines is 1. The van der Waals surface area contributed by atoms with Crippen molar-refractivity contribution in [1.82, 2.24) is 20.0 Å². The number of ether oxygens (including phenoxy) is 1. The lowest BCUT2D eigenvalue weighted by molar-refractivity contribution is -0.134. The molecule has 7 nitrogen and oxygen atoms in total. The van der Waals surface area contributed by atoms with Crippen molar-refractivity contribution in [1.29, 1.82) is 0 Å². The van der Waals surface area contributed by atoms with Crippen molar-refractivity contribution in [3.8, 4) is 0 Å². The number of rotatable bonds is 5. The molecule has 4 rings (SSSR count). The first-order chi connectivity index (χ1) is 12.2. The van der Waals surface area contributed by atoms with Crippen LogP contribution >= 0.6 is 0 Å². The molecule has 0 saturated carbocycles. The summed E-state index contributed by atoms with van der Waals surface area (Å²) in [6.45, 7) is 5.40. The van der Waals surface area contributed by atoms with Gasteiger partial charge in [0.05, 0.1) is 5.69 Å². The Bertz CT molecular complexity index is 632. The Balaban J connectivity index is 1.25. The first kappa shape index (κ1) is 16.7. The standard InChI is InChI=1S/C18H27N5O2/c1-21(7-8-22-6-3-9-25-13-18(22)24)15-11-23(12-15)17-10-14-4-2-5-16(14)19-20-17/h10,15H,2-9,11-13H2,1H3. The fourth-order valence-electron chi connectivity index (χ4n) is 3.82. The first-order valence-electron chi connectivity index (χ1n) is 9.37. The molecule has 1 aliphatic carbocycles. The van der Waals surface area contributed by atoms with Gasteiger partial charge in [0, 0.05) is 45.4 Å². The van der Waals surface area contributed by atoms with Crippen molar-refractivity contribution in [3.63, 3.8) is 0 Å². The highest BCUT2D eigenvalue weighted by Gasteiger charge is 2.32. The van der Waals surface area contributed by atoms with E-state index in [0.29, 0.717) is 12.6 Å². The van der Waals surface area contributed by atoms with Crippen molar-refractivity contribution in [2.75, 3.05) is 57.9 Å². The van der Waals surface area contributed by atoms with Crippen LogP contribution in [0.25, 0.3) is 0 Å². The lowest BCUT2D eigenvalue weighted by Crippen LogP contribution is -2.59. The molecule has 7 heteroatoms. The van der Waals surface area contributed by atoms with Crippen LogP contribution in [-0.4, -0.2) is 84.9 Å². The Kier molecular flexibility index (Phi) is 4.85. The summed E-state index contributed by atoms with van der Waals surface area (Å²) in [7, 11) is 2.15. The van der Waals surface area contributed by atoms with Crippen molar-refractivity contribution >= 4 is 11.7 Å². The minimum absolute atomic E-state index is 0.120. The first-order valence-corrected chi connectivity index (χ1v) is 9.37. The normalized spacial score (nSPS) is 21.4. The van der Waals surface area contributed by atoms with Crippen LogP contribution in [-0.2, 0) is 22.4 Å². The van der Waals surface area contributed by atoms with E-state index in [4.69, 9.17) is 4.74 Å². The predicted octanol–water partition coefficient (Wildman–Crippen LogP) is 0.335. The number of fused-ring (bicyclic) bond motifs is 1. The number of likely N-dealkylation sites (N-methyl/N-ethyl adjacent to an activating group) is 1. The number of amides is 1. The smallest absolute Gasteiger partial charge is 0.248 e. The van der Waals surface area contributed by atoms with Crippen LogP contribution in [0.2, 0.25) is 0 Å². The van der Waals surface area contributed by atoms with E-state index in [1.165, 1.54) is 17.7 Å². The van der Waals surface area contributed by atoms with Gasteiger partial charge in [0.1, 0.15) is 6.61 Å². The fraction of sp³-hybridized carbons (Fsp3) is 0.722. The summed E-state index contributed by atoms with van der Waals surface area (Å²) >= 11 is 0. The highest BCUT2D eigenvalue weighted by molar-refractivity contribution is 5.77. The molecule has 0 bridgehead atoms. The van der Waals surface area contributed by atoms with E-state index >= 15 is 0 Å². The zero-order valence-electron chi connectivity index (χ0n) is 15.0. The molecule has 1 aromatic heterocycles. The number of carbonyl (C=O) groups excluding carboxylic acids is 1. The van der Waals surface area contributed by atoms with Gasteiger partial charge in [-0.1, -0.05) is 0 Å². The van der Waals surface area contributed by atoms with Crippen molar-refractivity contribution < 1.29 is 9.53 Å². The average molecular weight is 345 g/mol. The van der Waals surface area contributed by atoms with Gasteiger partial charge in [0.25, 0.3) is 0 Å². The maximum atomic E-state index is 12.0. The second-order valence-electron chi connectivity index (χ2n) is 7.35. The molecular formula is C18H27N5O2. The Hall–Kier alpha value is -1.73. The molecular weight excluding hydrogens is 318 g/mol. The number of aromatic nitrogens is 2. The molecule has 3 aliphatic rings. The second-order valence-corrected chi connectivity index (χ2v) is 7.35. The van der Waals surface area contributed by atoms with Crippen molar-refractivity contribution in [2.45, 2.75) is 31.7 Å². The molecule has 0 unspecified atom stereocenters. The topological polar surface area (TPSA) is 61.8 Å². The van der Waals surface area contributed by atoms with Crippen molar-refractivity contribution in [2.24, 2.45) is 0 Å².